The van der Waals surface area contributed by atoms with Crippen molar-refractivity contribution in [3.8, 4) is 0 Å². The lowest BCUT2D eigenvalue weighted by Gasteiger charge is -2.56. The summed E-state index contributed by atoms with van der Waals surface area (Å²) in [6.45, 7) is 7.34. The number of fused-ring (bicyclic) bond motifs is 5. The molecule has 144 valence electrons. The summed E-state index contributed by atoms with van der Waals surface area (Å²) in [5.41, 5.74) is -0.396. The molecule has 4 nitrogen and oxygen atoms in total. The third-order valence-electron chi connectivity index (χ3n) is 8.12. The number of Topliss-reactive ketones (excluding diaryl/α,β-unsaturated/α-hetero) is 1. The van der Waals surface area contributed by atoms with E-state index >= 15 is 0 Å². The lowest BCUT2D eigenvalue weighted by atomic mass is 9.49. The van der Waals surface area contributed by atoms with Crippen LogP contribution in [0.3, 0.4) is 0 Å². The van der Waals surface area contributed by atoms with E-state index in [4.69, 9.17) is 4.74 Å². The van der Waals surface area contributed by atoms with E-state index in [2.05, 4.69) is 32.1 Å². The van der Waals surface area contributed by atoms with Crippen molar-refractivity contribution in [1.82, 2.24) is 0 Å². The molecule has 0 amide bonds. The van der Waals surface area contributed by atoms with Crippen LogP contribution in [0.1, 0.15) is 53.4 Å². The Morgan fingerprint density at radius 3 is 2.44 bits per heavy atom. The van der Waals surface area contributed by atoms with E-state index in [1.165, 1.54) is 6.92 Å². The second-order valence-electron chi connectivity index (χ2n) is 9.24. The van der Waals surface area contributed by atoms with Crippen molar-refractivity contribution in [2.24, 2.45) is 28.6 Å². The third kappa shape index (κ3) is 2.31. The van der Waals surface area contributed by atoms with Gasteiger partial charge in [0.25, 0.3) is 0 Å². The molecule has 0 aromatic heterocycles. The van der Waals surface area contributed by atoms with Crippen LogP contribution in [0.4, 0.5) is 0 Å². The number of ether oxygens (including phenoxy) is 1. The summed E-state index contributed by atoms with van der Waals surface area (Å²) in [6, 6.07) is 0. The van der Waals surface area contributed by atoms with Crippen molar-refractivity contribution in [2.75, 3.05) is 0 Å². The number of allylic oxidation sites excluding steroid dienone is 6. The Morgan fingerprint density at radius 2 is 1.78 bits per heavy atom. The van der Waals surface area contributed by atoms with Crippen molar-refractivity contribution < 1.29 is 19.1 Å². The molecular weight excluding hydrogens is 340 g/mol. The smallest absolute Gasteiger partial charge is 0.303 e. The van der Waals surface area contributed by atoms with E-state index in [1.807, 2.05) is 0 Å². The van der Waals surface area contributed by atoms with Crippen molar-refractivity contribution in [1.29, 1.82) is 0 Å². The van der Waals surface area contributed by atoms with E-state index in [1.54, 1.807) is 19.1 Å². The highest BCUT2D eigenvalue weighted by atomic mass is 16.6. The van der Waals surface area contributed by atoms with Crippen LogP contribution in [0.15, 0.2) is 36.0 Å². The monoisotopic (exact) mass is 368 g/mol. The van der Waals surface area contributed by atoms with Gasteiger partial charge in [-0.1, -0.05) is 32.1 Å². The fourth-order valence-corrected chi connectivity index (χ4v) is 6.71. The summed E-state index contributed by atoms with van der Waals surface area (Å²) in [6.07, 6.45) is 13.2. The van der Waals surface area contributed by atoms with Gasteiger partial charge in [0.2, 0.25) is 0 Å². The fraction of sp³-hybridized carbons (Fsp3) is 0.609. The molecule has 0 aromatic carbocycles. The molecule has 0 spiro atoms. The molecule has 0 N–H and O–H groups in total. The highest BCUT2D eigenvalue weighted by Gasteiger charge is 2.67. The lowest BCUT2D eigenvalue weighted by molar-refractivity contribution is -0.184. The average molecular weight is 368 g/mol. The second kappa shape index (κ2) is 5.76. The van der Waals surface area contributed by atoms with Crippen LogP contribution in [0.25, 0.3) is 0 Å². The first kappa shape index (κ1) is 18.4. The Morgan fingerprint density at radius 1 is 1.07 bits per heavy atom. The van der Waals surface area contributed by atoms with Gasteiger partial charge in [0.15, 0.2) is 17.2 Å². The van der Waals surface area contributed by atoms with Crippen molar-refractivity contribution in [2.45, 2.75) is 59.0 Å². The topological polar surface area (TPSA) is 60.4 Å². The zero-order chi connectivity index (χ0) is 19.6. The normalized spacial score (nSPS) is 44.8. The molecule has 4 heteroatoms. The highest BCUT2D eigenvalue weighted by molar-refractivity contribution is 6.01. The molecule has 4 aliphatic rings. The first-order valence-electron chi connectivity index (χ1n) is 9.98. The summed E-state index contributed by atoms with van der Waals surface area (Å²) in [7, 11) is 0. The summed E-state index contributed by atoms with van der Waals surface area (Å²) >= 11 is 0. The molecule has 4 rings (SSSR count). The lowest BCUT2D eigenvalue weighted by Crippen LogP contribution is -2.57. The molecule has 0 unspecified atom stereocenters. The number of esters is 1. The van der Waals surface area contributed by atoms with Crippen LogP contribution >= 0.6 is 0 Å². The maximum atomic E-state index is 12.7. The van der Waals surface area contributed by atoms with Crippen LogP contribution in [-0.2, 0) is 19.1 Å². The van der Waals surface area contributed by atoms with Crippen molar-refractivity contribution in [3.63, 3.8) is 0 Å². The fourth-order valence-electron chi connectivity index (χ4n) is 6.71. The third-order valence-corrected chi connectivity index (χ3v) is 8.12. The maximum absolute atomic E-state index is 12.7. The zero-order valence-electron chi connectivity index (χ0n) is 16.6. The molecule has 0 bridgehead atoms. The van der Waals surface area contributed by atoms with E-state index in [-0.39, 0.29) is 28.4 Å². The van der Waals surface area contributed by atoms with E-state index in [9.17, 15) is 14.4 Å². The van der Waals surface area contributed by atoms with E-state index in [0.717, 1.165) is 24.8 Å². The van der Waals surface area contributed by atoms with Gasteiger partial charge >= 0.3 is 5.97 Å². The van der Waals surface area contributed by atoms with Gasteiger partial charge in [-0.2, -0.15) is 0 Å². The Balaban J connectivity index is 1.76. The van der Waals surface area contributed by atoms with Gasteiger partial charge in [-0.25, -0.2) is 0 Å². The Kier molecular flexibility index (Phi) is 3.93. The number of rotatable bonds is 2. The predicted molar refractivity (Wildman–Crippen MR) is 102 cm³/mol. The summed E-state index contributed by atoms with van der Waals surface area (Å²) in [4.78, 5) is 36.4. The average Bonchev–Trinajstić information content (AvgIpc) is 2.89. The number of carbonyl (C=O) groups is 3. The first-order valence-corrected chi connectivity index (χ1v) is 9.98. The van der Waals surface area contributed by atoms with Crippen LogP contribution in [0, 0.1) is 28.6 Å². The molecule has 2 fully saturated rings. The molecule has 2 saturated carbocycles. The Hall–Kier alpha value is -1.97. The van der Waals surface area contributed by atoms with Gasteiger partial charge in [-0.05, 0) is 68.1 Å². The van der Waals surface area contributed by atoms with Gasteiger partial charge in [-0.15, -0.1) is 0 Å². The Labute approximate surface area is 160 Å². The van der Waals surface area contributed by atoms with Gasteiger partial charge in [0, 0.05) is 17.8 Å². The Bertz CT molecular complexity index is 818. The molecular formula is C23H28O4. The minimum absolute atomic E-state index is 0.0316. The van der Waals surface area contributed by atoms with Gasteiger partial charge in [-0.3, -0.25) is 14.4 Å². The van der Waals surface area contributed by atoms with E-state index < -0.39 is 5.60 Å². The van der Waals surface area contributed by atoms with Gasteiger partial charge in [0.1, 0.15) is 0 Å². The summed E-state index contributed by atoms with van der Waals surface area (Å²) in [5.74, 6) is 0.657. The van der Waals surface area contributed by atoms with E-state index in [0.29, 0.717) is 24.2 Å². The largest absolute Gasteiger partial charge is 0.451 e. The molecule has 0 aromatic rings. The second-order valence-corrected chi connectivity index (χ2v) is 9.24. The zero-order valence-corrected chi connectivity index (χ0v) is 16.6. The molecule has 0 heterocycles. The summed E-state index contributed by atoms with van der Waals surface area (Å²) in [5, 5.41) is 0. The molecule has 4 aliphatic carbocycles. The first-order chi connectivity index (χ1) is 12.6. The van der Waals surface area contributed by atoms with Gasteiger partial charge < -0.3 is 4.74 Å². The number of hydrogen-bond acceptors (Lipinski definition) is 4. The minimum Gasteiger partial charge on any atom is -0.451 e. The number of ketones is 2. The van der Waals surface area contributed by atoms with Crippen molar-refractivity contribution in [3.05, 3.63) is 36.0 Å². The molecule has 0 saturated heterocycles. The number of carbonyl (C=O) groups excluding carboxylic acids is 3. The SMILES string of the molecule is CC(=O)O[C@]1(C(C)=O)CC[C@@H]2[C@@H]3C=CC4=CC(=O)C=C[C@]4(C)[C@H]3CC[C@]21C. The molecule has 27 heavy (non-hydrogen) atoms. The predicted octanol–water partition coefficient (Wildman–Crippen LogP) is 3.96. The maximum Gasteiger partial charge on any atom is 0.303 e. The quantitative estimate of drug-likeness (QED) is 0.692. The molecule has 0 aliphatic heterocycles. The van der Waals surface area contributed by atoms with Gasteiger partial charge in [0.05, 0.1) is 0 Å². The minimum atomic E-state index is -1.00. The molecule has 6 atom stereocenters. The van der Waals surface area contributed by atoms with Crippen LogP contribution in [-0.4, -0.2) is 23.1 Å². The molecule has 0 radical (unpaired) electrons. The number of hydrogen-bond donors (Lipinski definition) is 0. The van der Waals surface area contributed by atoms with Crippen LogP contribution < -0.4 is 0 Å². The summed E-state index contributed by atoms with van der Waals surface area (Å²) < 4.78 is 5.78. The van der Waals surface area contributed by atoms with Crippen molar-refractivity contribution >= 4 is 17.5 Å². The van der Waals surface area contributed by atoms with Crippen LogP contribution in [0.5, 0.6) is 0 Å². The van der Waals surface area contributed by atoms with Crippen LogP contribution in [0.2, 0.25) is 0 Å². The standard InChI is InChI=1S/C23H28O4/c1-14(24)23(27-15(2)25)12-9-20-18-6-5-16-13-17(26)7-10-21(16,3)19(18)8-11-22(20,23)4/h5-7,10,13,18-20H,8-9,11-12H2,1-4H3/t18-,19+,20-,21+,22-,23+/m1/s1. The highest BCUT2D eigenvalue weighted by Crippen LogP contribution is 2.66.